The number of carbonyl (C=O) groups is 2. The van der Waals surface area contributed by atoms with Crippen LogP contribution in [-0.2, 0) is 6.42 Å². The zero-order valence-corrected chi connectivity index (χ0v) is 15.5. The summed E-state index contributed by atoms with van der Waals surface area (Å²) in [5.41, 5.74) is 2.94. The summed E-state index contributed by atoms with van der Waals surface area (Å²) < 4.78 is 0. The third-order valence-corrected chi connectivity index (χ3v) is 5.00. The van der Waals surface area contributed by atoms with Gasteiger partial charge in [0.1, 0.15) is 0 Å². The van der Waals surface area contributed by atoms with Gasteiger partial charge in [-0.15, -0.1) is 11.3 Å². The highest BCUT2D eigenvalue weighted by Crippen LogP contribution is 2.24. The number of aryl methyl sites for hydroxylation is 1. The standard InChI is InChI=1S/C21H20N2O2S/c1-3-15-8-6-9-16(14-15)22-20(24)17-10-4-5-11-18(17)23(2)21(25)19-12-7-13-26-19/h4-14H,3H2,1-2H3,(H,22,24). The number of hydrogen-bond acceptors (Lipinski definition) is 3. The first kappa shape index (κ1) is 17.9. The van der Waals surface area contributed by atoms with E-state index in [9.17, 15) is 9.59 Å². The molecular formula is C21H20N2O2S. The third kappa shape index (κ3) is 3.83. The molecule has 26 heavy (non-hydrogen) atoms. The van der Waals surface area contributed by atoms with Crippen molar-refractivity contribution in [2.24, 2.45) is 0 Å². The van der Waals surface area contributed by atoms with Crippen LogP contribution in [0.1, 0.15) is 32.5 Å². The van der Waals surface area contributed by atoms with Crippen LogP contribution in [0.5, 0.6) is 0 Å². The topological polar surface area (TPSA) is 49.4 Å². The van der Waals surface area contributed by atoms with E-state index >= 15 is 0 Å². The van der Waals surface area contributed by atoms with Crippen molar-refractivity contribution in [3.8, 4) is 0 Å². The molecule has 0 bridgehead atoms. The summed E-state index contributed by atoms with van der Waals surface area (Å²) in [6, 6.07) is 18.5. The van der Waals surface area contributed by atoms with Crippen molar-refractivity contribution in [1.29, 1.82) is 0 Å². The van der Waals surface area contributed by atoms with Gasteiger partial charge in [-0.3, -0.25) is 9.59 Å². The van der Waals surface area contributed by atoms with Crippen LogP contribution in [0.15, 0.2) is 66.0 Å². The van der Waals surface area contributed by atoms with Gasteiger partial charge < -0.3 is 10.2 Å². The second-order valence-corrected chi connectivity index (χ2v) is 6.81. The van der Waals surface area contributed by atoms with Gasteiger partial charge in [0.25, 0.3) is 11.8 Å². The second-order valence-electron chi connectivity index (χ2n) is 5.87. The number of hydrogen-bond donors (Lipinski definition) is 1. The van der Waals surface area contributed by atoms with Crippen molar-refractivity contribution in [2.75, 3.05) is 17.3 Å². The number of carbonyl (C=O) groups excluding carboxylic acids is 2. The summed E-state index contributed by atoms with van der Waals surface area (Å²) in [5, 5.41) is 4.79. The highest BCUT2D eigenvalue weighted by Gasteiger charge is 2.20. The Labute approximate surface area is 157 Å². The lowest BCUT2D eigenvalue weighted by molar-refractivity contribution is 0.0996. The summed E-state index contributed by atoms with van der Waals surface area (Å²) >= 11 is 1.38. The number of para-hydroxylation sites is 1. The number of nitrogens with zero attached hydrogens (tertiary/aromatic N) is 1. The molecule has 2 aromatic carbocycles. The molecule has 0 atom stereocenters. The maximum Gasteiger partial charge on any atom is 0.268 e. The van der Waals surface area contributed by atoms with Gasteiger partial charge in [-0.05, 0) is 47.7 Å². The van der Waals surface area contributed by atoms with Crippen LogP contribution in [0.25, 0.3) is 0 Å². The molecule has 0 fully saturated rings. The van der Waals surface area contributed by atoms with Gasteiger partial charge in [0, 0.05) is 12.7 Å². The Kier molecular flexibility index (Phi) is 5.49. The number of amides is 2. The molecule has 2 amide bonds. The van der Waals surface area contributed by atoms with E-state index in [-0.39, 0.29) is 11.8 Å². The first-order chi connectivity index (χ1) is 12.6. The minimum atomic E-state index is -0.236. The molecule has 4 nitrogen and oxygen atoms in total. The average molecular weight is 364 g/mol. The van der Waals surface area contributed by atoms with Crippen LogP contribution >= 0.6 is 11.3 Å². The molecule has 0 saturated carbocycles. The van der Waals surface area contributed by atoms with E-state index in [2.05, 4.69) is 12.2 Å². The number of anilines is 2. The van der Waals surface area contributed by atoms with Gasteiger partial charge in [-0.1, -0.05) is 37.3 Å². The minimum absolute atomic E-state index is 0.131. The molecular weight excluding hydrogens is 344 g/mol. The van der Waals surface area contributed by atoms with Crippen LogP contribution in [0, 0.1) is 0 Å². The molecule has 1 aromatic heterocycles. The van der Waals surface area contributed by atoms with Gasteiger partial charge in [0.2, 0.25) is 0 Å². The summed E-state index contributed by atoms with van der Waals surface area (Å²) in [6.07, 6.45) is 0.901. The van der Waals surface area contributed by atoms with E-state index in [0.717, 1.165) is 17.7 Å². The molecule has 0 spiro atoms. The fraction of sp³-hybridized carbons (Fsp3) is 0.143. The van der Waals surface area contributed by atoms with Crippen molar-refractivity contribution in [3.05, 3.63) is 82.0 Å². The Morgan fingerprint density at radius 3 is 2.58 bits per heavy atom. The lowest BCUT2D eigenvalue weighted by Gasteiger charge is -2.20. The van der Waals surface area contributed by atoms with Crippen LogP contribution in [0.2, 0.25) is 0 Å². The van der Waals surface area contributed by atoms with Crippen molar-refractivity contribution in [1.82, 2.24) is 0 Å². The minimum Gasteiger partial charge on any atom is -0.322 e. The van der Waals surface area contributed by atoms with Crippen LogP contribution in [0.3, 0.4) is 0 Å². The number of thiophene rings is 1. The third-order valence-electron chi connectivity index (χ3n) is 4.14. The summed E-state index contributed by atoms with van der Waals surface area (Å²) in [5.74, 6) is -0.368. The van der Waals surface area contributed by atoms with Gasteiger partial charge in [-0.2, -0.15) is 0 Å². The maximum absolute atomic E-state index is 12.8. The molecule has 5 heteroatoms. The molecule has 0 aliphatic heterocycles. The Bertz CT molecular complexity index is 919. The summed E-state index contributed by atoms with van der Waals surface area (Å²) in [7, 11) is 1.69. The fourth-order valence-electron chi connectivity index (χ4n) is 2.70. The highest BCUT2D eigenvalue weighted by molar-refractivity contribution is 7.12. The Hall–Kier alpha value is -2.92. The van der Waals surface area contributed by atoms with E-state index in [1.807, 2.05) is 41.8 Å². The zero-order chi connectivity index (χ0) is 18.5. The van der Waals surface area contributed by atoms with E-state index in [1.54, 1.807) is 31.3 Å². The van der Waals surface area contributed by atoms with Crippen molar-refractivity contribution in [2.45, 2.75) is 13.3 Å². The molecule has 1 N–H and O–H groups in total. The highest BCUT2D eigenvalue weighted by atomic mass is 32.1. The van der Waals surface area contributed by atoms with E-state index < -0.39 is 0 Å². The lowest BCUT2D eigenvalue weighted by Crippen LogP contribution is -2.28. The second kappa shape index (κ2) is 7.97. The SMILES string of the molecule is CCc1cccc(NC(=O)c2ccccc2N(C)C(=O)c2cccs2)c1. The predicted octanol–water partition coefficient (Wildman–Crippen LogP) is 4.84. The zero-order valence-electron chi connectivity index (χ0n) is 14.7. The Morgan fingerprint density at radius 1 is 1.04 bits per heavy atom. The molecule has 1 heterocycles. The number of nitrogens with one attached hydrogen (secondary N) is 1. The number of benzene rings is 2. The smallest absolute Gasteiger partial charge is 0.268 e. The fourth-order valence-corrected chi connectivity index (χ4v) is 3.40. The van der Waals surface area contributed by atoms with Gasteiger partial charge >= 0.3 is 0 Å². The summed E-state index contributed by atoms with van der Waals surface area (Å²) in [6.45, 7) is 2.07. The van der Waals surface area contributed by atoms with Gasteiger partial charge in [0.15, 0.2) is 0 Å². The maximum atomic E-state index is 12.8. The Balaban J connectivity index is 1.86. The average Bonchev–Trinajstić information content (AvgIpc) is 3.21. The normalized spacial score (nSPS) is 10.4. The lowest BCUT2D eigenvalue weighted by atomic mass is 10.1. The number of rotatable bonds is 5. The largest absolute Gasteiger partial charge is 0.322 e. The first-order valence-corrected chi connectivity index (χ1v) is 9.29. The van der Waals surface area contributed by atoms with Gasteiger partial charge in [-0.25, -0.2) is 0 Å². The summed E-state index contributed by atoms with van der Waals surface area (Å²) in [4.78, 5) is 27.6. The molecule has 0 saturated heterocycles. The molecule has 0 radical (unpaired) electrons. The monoisotopic (exact) mass is 364 g/mol. The molecule has 0 unspecified atom stereocenters. The van der Waals surface area contributed by atoms with Crippen LogP contribution in [-0.4, -0.2) is 18.9 Å². The van der Waals surface area contributed by atoms with Gasteiger partial charge in [0.05, 0.1) is 16.1 Å². The molecule has 0 aliphatic carbocycles. The van der Waals surface area contributed by atoms with E-state index in [0.29, 0.717) is 16.1 Å². The quantitative estimate of drug-likeness (QED) is 0.704. The van der Waals surface area contributed by atoms with Crippen molar-refractivity contribution >= 4 is 34.5 Å². The Morgan fingerprint density at radius 2 is 1.85 bits per heavy atom. The van der Waals surface area contributed by atoms with Crippen LogP contribution in [0.4, 0.5) is 11.4 Å². The van der Waals surface area contributed by atoms with Crippen molar-refractivity contribution < 1.29 is 9.59 Å². The van der Waals surface area contributed by atoms with Crippen molar-refractivity contribution in [3.63, 3.8) is 0 Å². The van der Waals surface area contributed by atoms with Crippen LogP contribution < -0.4 is 10.2 Å². The molecule has 3 rings (SSSR count). The molecule has 0 aliphatic rings. The predicted molar refractivity (Wildman–Crippen MR) is 107 cm³/mol. The molecule has 132 valence electrons. The molecule has 3 aromatic rings. The van der Waals surface area contributed by atoms with E-state index in [1.165, 1.54) is 16.2 Å². The van der Waals surface area contributed by atoms with E-state index in [4.69, 9.17) is 0 Å². The first-order valence-electron chi connectivity index (χ1n) is 8.41.